The number of hydrogen-bond donors (Lipinski definition) is 0. The lowest BCUT2D eigenvalue weighted by molar-refractivity contribution is 0.0841. The molecule has 0 saturated carbocycles. The van der Waals surface area contributed by atoms with Crippen LogP contribution in [-0.4, -0.2) is 44.0 Å². The van der Waals surface area contributed by atoms with Gasteiger partial charge in [0.2, 0.25) is 0 Å². The van der Waals surface area contributed by atoms with Crippen molar-refractivity contribution in [1.29, 1.82) is 0 Å². The van der Waals surface area contributed by atoms with E-state index < -0.39 is 0 Å². The molecule has 100 valence electrons. The number of benzene rings is 1. The van der Waals surface area contributed by atoms with Crippen LogP contribution in [0.2, 0.25) is 10.0 Å². The van der Waals surface area contributed by atoms with Gasteiger partial charge < -0.3 is 4.74 Å². The van der Waals surface area contributed by atoms with Gasteiger partial charge in [-0.05, 0) is 32.2 Å². The fourth-order valence-corrected chi connectivity index (χ4v) is 2.07. The minimum Gasteiger partial charge on any atom is -0.383 e. The topological polar surface area (TPSA) is 29.5 Å². The SMILES string of the molecule is COCC(C)N(C)CC(=O)c1ccc(Cl)cc1Cl. The quantitative estimate of drug-likeness (QED) is 0.754. The Hall–Kier alpha value is -0.610. The van der Waals surface area contributed by atoms with Gasteiger partial charge in [0.25, 0.3) is 0 Å². The summed E-state index contributed by atoms with van der Waals surface area (Å²) >= 11 is 11.8. The smallest absolute Gasteiger partial charge is 0.178 e. The van der Waals surface area contributed by atoms with Gasteiger partial charge in [0.1, 0.15) is 0 Å². The molecule has 0 aliphatic rings. The second-order valence-electron chi connectivity index (χ2n) is 4.27. The summed E-state index contributed by atoms with van der Waals surface area (Å²) in [6.07, 6.45) is 0. The van der Waals surface area contributed by atoms with Gasteiger partial charge in [-0.1, -0.05) is 23.2 Å². The van der Waals surface area contributed by atoms with Crippen molar-refractivity contribution < 1.29 is 9.53 Å². The first-order valence-electron chi connectivity index (χ1n) is 5.63. The minimum absolute atomic E-state index is 0.0258. The summed E-state index contributed by atoms with van der Waals surface area (Å²) in [6, 6.07) is 5.07. The van der Waals surface area contributed by atoms with E-state index in [0.29, 0.717) is 28.8 Å². The number of nitrogens with zero attached hydrogens (tertiary/aromatic N) is 1. The Morgan fingerprint density at radius 2 is 2.11 bits per heavy atom. The largest absolute Gasteiger partial charge is 0.383 e. The number of hydrogen-bond acceptors (Lipinski definition) is 3. The van der Waals surface area contributed by atoms with Crippen molar-refractivity contribution in [2.24, 2.45) is 0 Å². The molecule has 0 heterocycles. The number of methoxy groups -OCH3 is 1. The maximum atomic E-state index is 12.1. The van der Waals surface area contributed by atoms with Crippen molar-refractivity contribution in [3.05, 3.63) is 33.8 Å². The average molecular weight is 290 g/mol. The van der Waals surface area contributed by atoms with Crippen LogP contribution in [0.5, 0.6) is 0 Å². The highest BCUT2D eigenvalue weighted by Crippen LogP contribution is 2.21. The fraction of sp³-hybridized carbons (Fsp3) is 0.462. The third-order valence-corrected chi connectivity index (χ3v) is 3.33. The predicted molar refractivity (Wildman–Crippen MR) is 74.8 cm³/mol. The van der Waals surface area contributed by atoms with Gasteiger partial charge in [0.05, 0.1) is 18.2 Å². The van der Waals surface area contributed by atoms with Crippen molar-refractivity contribution in [3.8, 4) is 0 Å². The maximum Gasteiger partial charge on any atom is 0.178 e. The maximum absolute atomic E-state index is 12.1. The van der Waals surface area contributed by atoms with Crippen molar-refractivity contribution in [2.45, 2.75) is 13.0 Å². The molecular formula is C13H17Cl2NO2. The molecule has 0 saturated heterocycles. The summed E-state index contributed by atoms with van der Waals surface area (Å²) < 4.78 is 5.06. The molecule has 5 heteroatoms. The first-order valence-corrected chi connectivity index (χ1v) is 6.38. The van der Waals surface area contributed by atoms with Crippen LogP contribution in [0.3, 0.4) is 0 Å². The van der Waals surface area contributed by atoms with Crippen LogP contribution < -0.4 is 0 Å². The lowest BCUT2D eigenvalue weighted by Gasteiger charge is -2.23. The van der Waals surface area contributed by atoms with Gasteiger partial charge in [0, 0.05) is 23.7 Å². The van der Waals surface area contributed by atoms with Crippen molar-refractivity contribution >= 4 is 29.0 Å². The van der Waals surface area contributed by atoms with E-state index in [0.717, 1.165) is 0 Å². The van der Waals surface area contributed by atoms with E-state index in [1.54, 1.807) is 25.3 Å². The molecule has 0 N–H and O–H groups in total. The zero-order valence-corrected chi connectivity index (χ0v) is 12.3. The number of ether oxygens (including phenoxy) is 1. The van der Waals surface area contributed by atoms with Gasteiger partial charge in [-0.3, -0.25) is 9.69 Å². The summed E-state index contributed by atoms with van der Waals surface area (Å²) in [4.78, 5) is 14.0. The van der Waals surface area contributed by atoms with Crippen LogP contribution in [0, 0.1) is 0 Å². The van der Waals surface area contributed by atoms with Crippen molar-refractivity contribution in [3.63, 3.8) is 0 Å². The summed E-state index contributed by atoms with van der Waals surface area (Å²) in [5.74, 6) is -0.0258. The van der Waals surface area contributed by atoms with Gasteiger partial charge in [-0.15, -0.1) is 0 Å². The van der Waals surface area contributed by atoms with E-state index in [9.17, 15) is 4.79 Å². The lowest BCUT2D eigenvalue weighted by atomic mass is 10.1. The fourth-order valence-electron chi connectivity index (χ4n) is 1.55. The Bertz CT molecular complexity index is 423. The van der Waals surface area contributed by atoms with Gasteiger partial charge in [0.15, 0.2) is 5.78 Å². The zero-order chi connectivity index (χ0) is 13.7. The molecule has 1 rings (SSSR count). The number of carbonyl (C=O) groups is 1. The molecule has 3 nitrogen and oxygen atoms in total. The summed E-state index contributed by atoms with van der Waals surface area (Å²) in [6.45, 7) is 2.88. The van der Waals surface area contributed by atoms with Crippen LogP contribution in [-0.2, 0) is 4.74 Å². The van der Waals surface area contributed by atoms with Crippen LogP contribution in [0.4, 0.5) is 0 Å². The Balaban J connectivity index is 2.70. The highest BCUT2D eigenvalue weighted by molar-refractivity contribution is 6.36. The molecule has 0 spiro atoms. The molecule has 1 unspecified atom stereocenters. The number of likely N-dealkylation sites (N-methyl/N-ethyl adjacent to an activating group) is 1. The molecule has 1 atom stereocenters. The van der Waals surface area contributed by atoms with E-state index in [4.69, 9.17) is 27.9 Å². The zero-order valence-electron chi connectivity index (χ0n) is 10.7. The van der Waals surface area contributed by atoms with Gasteiger partial charge in [-0.2, -0.15) is 0 Å². The molecule has 0 fully saturated rings. The summed E-state index contributed by atoms with van der Waals surface area (Å²) in [7, 11) is 3.52. The third-order valence-electron chi connectivity index (χ3n) is 2.78. The highest BCUT2D eigenvalue weighted by atomic mass is 35.5. The molecule has 0 amide bonds. The summed E-state index contributed by atoms with van der Waals surface area (Å²) in [5, 5.41) is 0.915. The normalized spacial score (nSPS) is 12.8. The van der Waals surface area contributed by atoms with Gasteiger partial charge in [-0.25, -0.2) is 0 Å². The lowest BCUT2D eigenvalue weighted by Crippen LogP contribution is -2.36. The number of rotatable bonds is 6. The van der Waals surface area contributed by atoms with E-state index in [1.807, 2.05) is 18.9 Å². The number of carbonyl (C=O) groups excluding carboxylic acids is 1. The Morgan fingerprint density at radius 3 is 2.67 bits per heavy atom. The molecular weight excluding hydrogens is 273 g/mol. The standard InChI is InChI=1S/C13H17Cl2NO2/c1-9(8-18-3)16(2)7-13(17)11-5-4-10(14)6-12(11)15/h4-6,9H,7-8H2,1-3H3. The van der Waals surface area contributed by atoms with E-state index in [2.05, 4.69) is 0 Å². The van der Waals surface area contributed by atoms with Crippen LogP contribution in [0.15, 0.2) is 18.2 Å². The van der Waals surface area contributed by atoms with E-state index >= 15 is 0 Å². The molecule has 0 aliphatic heterocycles. The molecule has 1 aromatic rings. The summed E-state index contributed by atoms with van der Waals surface area (Å²) in [5.41, 5.74) is 0.498. The van der Waals surface area contributed by atoms with E-state index in [1.165, 1.54) is 0 Å². The first kappa shape index (κ1) is 15.4. The Labute approximate surface area is 118 Å². The first-order chi connectivity index (χ1) is 8.45. The van der Waals surface area contributed by atoms with Crippen LogP contribution in [0.1, 0.15) is 17.3 Å². The highest BCUT2D eigenvalue weighted by Gasteiger charge is 2.16. The number of Topliss-reactive ketones (excluding diaryl/α,β-unsaturated/α-hetero) is 1. The van der Waals surface area contributed by atoms with Gasteiger partial charge >= 0.3 is 0 Å². The van der Waals surface area contributed by atoms with Crippen molar-refractivity contribution in [1.82, 2.24) is 4.90 Å². The number of halogens is 2. The molecule has 0 aromatic heterocycles. The monoisotopic (exact) mass is 289 g/mol. The predicted octanol–water partition coefficient (Wildman–Crippen LogP) is 3.14. The van der Waals surface area contributed by atoms with Crippen LogP contribution >= 0.6 is 23.2 Å². The molecule has 0 radical (unpaired) electrons. The molecule has 0 bridgehead atoms. The molecule has 0 aliphatic carbocycles. The Morgan fingerprint density at radius 1 is 1.44 bits per heavy atom. The number of ketones is 1. The molecule has 18 heavy (non-hydrogen) atoms. The minimum atomic E-state index is -0.0258. The average Bonchev–Trinajstić information content (AvgIpc) is 2.28. The second kappa shape index (κ2) is 7.10. The second-order valence-corrected chi connectivity index (χ2v) is 5.11. The Kier molecular flexibility index (Phi) is 6.09. The third kappa shape index (κ3) is 4.25. The van der Waals surface area contributed by atoms with E-state index in [-0.39, 0.29) is 11.8 Å². The van der Waals surface area contributed by atoms with Crippen molar-refractivity contribution in [2.75, 3.05) is 27.3 Å². The van der Waals surface area contributed by atoms with Crippen LogP contribution in [0.25, 0.3) is 0 Å². The molecule has 1 aromatic carbocycles.